The van der Waals surface area contributed by atoms with Crippen molar-refractivity contribution in [3.05, 3.63) is 47.6 Å². The number of nitrogens with one attached hydrogen (secondary N) is 2. The van der Waals surface area contributed by atoms with Gasteiger partial charge in [-0.3, -0.25) is 9.59 Å². The van der Waals surface area contributed by atoms with E-state index in [4.69, 9.17) is 0 Å². The molecule has 0 spiro atoms. The van der Waals surface area contributed by atoms with Gasteiger partial charge in [0.25, 0.3) is 11.8 Å². The number of hydrogen-bond acceptors (Lipinski definition) is 6. The van der Waals surface area contributed by atoms with Crippen LogP contribution in [0, 0.1) is 13.8 Å². The Morgan fingerprint density at radius 1 is 0.808 bits per heavy atom. The van der Waals surface area contributed by atoms with Gasteiger partial charge in [-0.25, -0.2) is 19.9 Å². The minimum Gasteiger partial charge on any atom is -0.346 e. The number of aromatic nitrogens is 4. The van der Waals surface area contributed by atoms with Gasteiger partial charge in [-0.2, -0.15) is 0 Å². The van der Waals surface area contributed by atoms with Gasteiger partial charge in [-0.1, -0.05) is 12.8 Å². The van der Waals surface area contributed by atoms with Gasteiger partial charge in [0.2, 0.25) is 0 Å². The van der Waals surface area contributed by atoms with E-state index in [0.717, 1.165) is 37.1 Å². The maximum Gasteiger partial charge on any atom is 0.270 e. The van der Waals surface area contributed by atoms with Gasteiger partial charge in [0.15, 0.2) is 0 Å². The Kier molecular flexibility index (Phi) is 5.50. The van der Waals surface area contributed by atoms with Crippen molar-refractivity contribution in [2.75, 3.05) is 0 Å². The summed E-state index contributed by atoms with van der Waals surface area (Å²) in [7, 11) is 0. The zero-order valence-electron chi connectivity index (χ0n) is 14.9. The molecule has 26 heavy (non-hydrogen) atoms. The third-order valence-electron chi connectivity index (χ3n) is 4.47. The summed E-state index contributed by atoms with van der Waals surface area (Å²) in [6, 6.07) is 3.02. The van der Waals surface area contributed by atoms with Crippen LogP contribution in [0.25, 0.3) is 0 Å². The zero-order chi connectivity index (χ0) is 18.5. The summed E-state index contributed by atoms with van der Waals surface area (Å²) in [6.45, 7) is 3.62. The third kappa shape index (κ3) is 4.38. The first kappa shape index (κ1) is 17.9. The van der Waals surface area contributed by atoms with Crippen molar-refractivity contribution >= 4 is 11.8 Å². The summed E-state index contributed by atoms with van der Waals surface area (Å²) in [4.78, 5) is 41.0. The number of amides is 2. The molecule has 2 N–H and O–H groups in total. The van der Waals surface area contributed by atoms with E-state index in [9.17, 15) is 9.59 Å². The monoisotopic (exact) mass is 354 g/mol. The Labute approximate surface area is 151 Å². The summed E-state index contributed by atoms with van der Waals surface area (Å²) in [5.41, 5.74) is 2.13. The smallest absolute Gasteiger partial charge is 0.270 e. The van der Waals surface area contributed by atoms with Gasteiger partial charge in [0.05, 0.1) is 0 Å². The molecular formula is C18H22N6O2. The first-order valence-electron chi connectivity index (χ1n) is 8.72. The number of nitrogens with zero attached hydrogens (tertiary/aromatic N) is 4. The lowest BCUT2D eigenvalue weighted by Gasteiger charge is -2.32. The molecule has 2 amide bonds. The molecule has 0 unspecified atom stereocenters. The minimum atomic E-state index is -0.250. The topological polar surface area (TPSA) is 110 Å². The van der Waals surface area contributed by atoms with Gasteiger partial charge in [-0.05, 0) is 38.8 Å². The molecular weight excluding hydrogens is 332 g/mol. The lowest BCUT2D eigenvalue weighted by atomic mass is 9.90. The fraction of sp³-hybridized carbons (Fsp3) is 0.444. The largest absolute Gasteiger partial charge is 0.346 e. The van der Waals surface area contributed by atoms with E-state index in [0.29, 0.717) is 11.4 Å². The molecule has 0 radical (unpaired) electrons. The van der Waals surface area contributed by atoms with Gasteiger partial charge in [-0.15, -0.1) is 0 Å². The maximum atomic E-state index is 12.5. The first-order valence-corrected chi connectivity index (χ1v) is 8.72. The molecule has 2 heterocycles. The van der Waals surface area contributed by atoms with E-state index in [-0.39, 0.29) is 23.9 Å². The predicted molar refractivity (Wildman–Crippen MR) is 94.5 cm³/mol. The Morgan fingerprint density at radius 3 is 1.62 bits per heavy atom. The van der Waals surface area contributed by atoms with Crippen molar-refractivity contribution in [1.82, 2.24) is 30.6 Å². The minimum absolute atomic E-state index is 0.140. The Bertz CT molecular complexity index is 742. The lowest BCUT2D eigenvalue weighted by molar-refractivity contribution is 0.0857. The molecule has 3 rings (SSSR count). The number of rotatable bonds is 4. The molecule has 2 aromatic rings. The van der Waals surface area contributed by atoms with Gasteiger partial charge in [0, 0.05) is 23.5 Å². The van der Waals surface area contributed by atoms with Crippen LogP contribution < -0.4 is 10.6 Å². The molecule has 2 atom stereocenters. The highest BCUT2D eigenvalue weighted by Gasteiger charge is 2.29. The number of aryl methyl sites for hydroxylation is 2. The summed E-state index contributed by atoms with van der Waals surface area (Å²) in [5.74, 6) is -0.501. The van der Waals surface area contributed by atoms with E-state index < -0.39 is 0 Å². The van der Waals surface area contributed by atoms with Crippen LogP contribution in [0.3, 0.4) is 0 Å². The fourth-order valence-electron chi connectivity index (χ4n) is 3.12. The molecule has 0 saturated heterocycles. The van der Waals surface area contributed by atoms with Crippen molar-refractivity contribution in [2.45, 2.75) is 51.6 Å². The van der Waals surface area contributed by atoms with E-state index >= 15 is 0 Å². The molecule has 1 fully saturated rings. The van der Waals surface area contributed by atoms with Crippen LogP contribution in [0.4, 0.5) is 0 Å². The van der Waals surface area contributed by atoms with Gasteiger partial charge < -0.3 is 10.6 Å². The van der Waals surface area contributed by atoms with E-state index in [2.05, 4.69) is 30.6 Å². The number of carbonyl (C=O) groups excluding carboxylic acids is 2. The zero-order valence-corrected chi connectivity index (χ0v) is 14.9. The molecule has 1 aliphatic carbocycles. The van der Waals surface area contributed by atoms with Crippen molar-refractivity contribution < 1.29 is 9.59 Å². The van der Waals surface area contributed by atoms with E-state index in [1.54, 1.807) is 12.1 Å². The molecule has 0 aliphatic heterocycles. The molecule has 1 saturated carbocycles. The van der Waals surface area contributed by atoms with Gasteiger partial charge in [0.1, 0.15) is 24.0 Å². The fourth-order valence-corrected chi connectivity index (χ4v) is 3.12. The Balaban J connectivity index is 1.67. The van der Waals surface area contributed by atoms with Gasteiger partial charge >= 0.3 is 0 Å². The first-order chi connectivity index (χ1) is 12.5. The molecule has 8 nitrogen and oxygen atoms in total. The summed E-state index contributed by atoms with van der Waals surface area (Å²) >= 11 is 0. The van der Waals surface area contributed by atoms with Crippen LogP contribution in [0.2, 0.25) is 0 Å². The average molecular weight is 354 g/mol. The molecule has 1 aliphatic rings. The van der Waals surface area contributed by atoms with Crippen LogP contribution in [0.15, 0.2) is 24.8 Å². The maximum absolute atomic E-state index is 12.5. The third-order valence-corrected chi connectivity index (χ3v) is 4.47. The van der Waals surface area contributed by atoms with Crippen LogP contribution >= 0.6 is 0 Å². The van der Waals surface area contributed by atoms with E-state index in [1.165, 1.54) is 12.7 Å². The van der Waals surface area contributed by atoms with Crippen molar-refractivity contribution in [2.24, 2.45) is 0 Å². The number of carbonyl (C=O) groups is 2. The quantitative estimate of drug-likeness (QED) is 0.858. The number of hydrogen-bond donors (Lipinski definition) is 2. The summed E-state index contributed by atoms with van der Waals surface area (Å²) in [6.07, 6.45) is 6.39. The molecule has 0 bridgehead atoms. The average Bonchev–Trinajstić information content (AvgIpc) is 2.63. The van der Waals surface area contributed by atoms with Crippen LogP contribution in [0.1, 0.15) is 58.0 Å². The summed E-state index contributed by atoms with van der Waals surface area (Å²) in [5, 5.41) is 6.01. The normalized spacial score (nSPS) is 19.6. The summed E-state index contributed by atoms with van der Waals surface area (Å²) < 4.78 is 0. The second kappa shape index (κ2) is 7.99. The van der Waals surface area contributed by atoms with Crippen LogP contribution in [-0.2, 0) is 0 Å². The highest BCUT2D eigenvalue weighted by Crippen LogP contribution is 2.19. The molecule has 2 aromatic heterocycles. The highest BCUT2D eigenvalue weighted by molar-refractivity contribution is 5.93. The second-order valence-electron chi connectivity index (χ2n) is 6.53. The highest BCUT2D eigenvalue weighted by atomic mass is 16.2. The molecule has 0 aromatic carbocycles. The molecule has 136 valence electrons. The Morgan fingerprint density at radius 2 is 1.23 bits per heavy atom. The van der Waals surface area contributed by atoms with Crippen molar-refractivity contribution in [1.29, 1.82) is 0 Å². The van der Waals surface area contributed by atoms with Crippen molar-refractivity contribution in [3.8, 4) is 0 Å². The second-order valence-corrected chi connectivity index (χ2v) is 6.53. The predicted octanol–water partition coefficient (Wildman–Crippen LogP) is 1.35. The van der Waals surface area contributed by atoms with Crippen molar-refractivity contribution in [3.63, 3.8) is 0 Å². The SMILES string of the molecule is Cc1cc(C(=O)N[C@H]2CCCC[C@H]2NC(=O)c2cc(C)ncn2)ncn1. The van der Waals surface area contributed by atoms with Crippen LogP contribution in [-0.4, -0.2) is 43.8 Å². The van der Waals surface area contributed by atoms with E-state index in [1.807, 2.05) is 13.8 Å². The standard InChI is InChI=1S/C18H22N6O2/c1-11-7-15(21-9-19-11)17(25)23-13-5-3-4-6-14(13)24-18(26)16-8-12(2)20-10-22-16/h7-10,13-14H,3-6H2,1-2H3,(H,23,25)(H,24,26)/t13-,14+. The molecule has 8 heteroatoms. The lowest BCUT2D eigenvalue weighted by Crippen LogP contribution is -2.53. The van der Waals surface area contributed by atoms with Crippen LogP contribution in [0.5, 0.6) is 0 Å². The Hall–Kier alpha value is -2.90.